The molecular formula is C33H38FN5O3. The Morgan fingerprint density at radius 2 is 1.81 bits per heavy atom. The molecule has 9 heteroatoms. The smallest absolute Gasteiger partial charge is 0.307 e. The van der Waals surface area contributed by atoms with E-state index in [9.17, 15) is 14.3 Å². The maximum Gasteiger partial charge on any atom is 0.307 e. The van der Waals surface area contributed by atoms with E-state index in [1.807, 2.05) is 37.3 Å². The number of aromatic amines is 1. The van der Waals surface area contributed by atoms with Crippen molar-refractivity contribution < 1.29 is 19.0 Å². The molecule has 4 aromatic rings. The zero-order chi connectivity index (χ0) is 29.7. The average Bonchev–Trinajstić information content (AvgIpc) is 3.48. The Morgan fingerprint density at radius 1 is 1.10 bits per heavy atom. The number of ether oxygens (including phenoxy) is 1. The number of hydrogen-bond donors (Lipinski definition) is 3. The topological polar surface area (TPSA) is 103 Å². The van der Waals surface area contributed by atoms with Gasteiger partial charge in [-0.15, -0.1) is 0 Å². The second-order valence-electron chi connectivity index (χ2n) is 11.7. The molecule has 2 aromatic carbocycles. The van der Waals surface area contributed by atoms with Crippen LogP contribution in [0.2, 0.25) is 0 Å². The number of benzene rings is 2. The van der Waals surface area contributed by atoms with Crippen molar-refractivity contribution in [2.45, 2.75) is 53.0 Å². The van der Waals surface area contributed by atoms with Crippen molar-refractivity contribution in [3.05, 3.63) is 89.1 Å². The standard InChI is InChI=1S/C33H38FN5O3/c1-22-28(20-29(40)41)31(39-17-14-33(2,3)15-18-39)30(32(37-22)35-21-26-12-16-36-38-26)24-6-10-27(11-7-24)42-19-13-23-4-8-25(34)9-5-23/h4-12,16H,13-15,17-21H2,1-3H3,(H,35,37)(H,36,38)(H,40,41). The first-order valence-electron chi connectivity index (χ1n) is 14.4. The molecule has 0 unspecified atom stereocenters. The molecule has 0 bridgehead atoms. The molecule has 0 amide bonds. The Labute approximate surface area is 246 Å². The molecule has 0 spiro atoms. The fourth-order valence-electron chi connectivity index (χ4n) is 5.39. The molecule has 3 heterocycles. The van der Waals surface area contributed by atoms with Gasteiger partial charge in [-0.1, -0.05) is 38.1 Å². The van der Waals surface area contributed by atoms with Crippen molar-refractivity contribution in [1.29, 1.82) is 0 Å². The molecule has 0 aliphatic carbocycles. The van der Waals surface area contributed by atoms with Crippen LogP contribution in [-0.2, 0) is 24.2 Å². The number of piperidine rings is 1. The van der Waals surface area contributed by atoms with Gasteiger partial charge in [-0.2, -0.15) is 5.10 Å². The lowest BCUT2D eigenvalue weighted by Gasteiger charge is -2.40. The number of nitrogens with zero attached hydrogens (tertiary/aromatic N) is 3. The molecule has 3 N–H and O–H groups in total. The third-order valence-electron chi connectivity index (χ3n) is 7.96. The van der Waals surface area contributed by atoms with Crippen LogP contribution in [-0.4, -0.2) is 46.0 Å². The van der Waals surface area contributed by atoms with Gasteiger partial charge in [0.1, 0.15) is 17.4 Å². The SMILES string of the molecule is Cc1nc(NCc2ccn[nH]2)c(-c2ccc(OCCc3ccc(F)cc3)cc2)c(N2CCC(C)(C)CC2)c1CC(=O)O. The highest BCUT2D eigenvalue weighted by Crippen LogP contribution is 2.44. The van der Waals surface area contributed by atoms with Crippen LogP contribution in [0.15, 0.2) is 60.8 Å². The number of nitrogens with one attached hydrogen (secondary N) is 2. The van der Waals surface area contributed by atoms with E-state index in [-0.39, 0.29) is 17.7 Å². The van der Waals surface area contributed by atoms with E-state index in [0.717, 1.165) is 65.3 Å². The second kappa shape index (κ2) is 12.6. The molecule has 42 heavy (non-hydrogen) atoms. The molecule has 8 nitrogen and oxygen atoms in total. The number of rotatable bonds is 11. The quantitative estimate of drug-likeness (QED) is 0.191. The van der Waals surface area contributed by atoms with Gasteiger partial charge < -0.3 is 20.1 Å². The van der Waals surface area contributed by atoms with Gasteiger partial charge in [-0.05, 0) is 66.6 Å². The zero-order valence-corrected chi connectivity index (χ0v) is 24.4. The summed E-state index contributed by atoms with van der Waals surface area (Å²) in [5.74, 6) is 0.284. The number of carbonyl (C=O) groups is 1. The van der Waals surface area contributed by atoms with Crippen molar-refractivity contribution >= 4 is 17.5 Å². The predicted octanol–water partition coefficient (Wildman–Crippen LogP) is 6.41. The number of carboxylic acid groups (broad SMARTS) is 1. The molecule has 5 rings (SSSR count). The summed E-state index contributed by atoms with van der Waals surface area (Å²) in [6.45, 7) is 9.08. The number of aryl methyl sites for hydroxylation is 1. The maximum absolute atomic E-state index is 13.2. The van der Waals surface area contributed by atoms with Crippen LogP contribution in [0.4, 0.5) is 15.9 Å². The zero-order valence-electron chi connectivity index (χ0n) is 24.4. The van der Waals surface area contributed by atoms with E-state index in [2.05, 4.69) is 34.3 Å². The Morgan fingerprint density at radius 3 is 2.45 bits per heavy atom. The van der Waals surface area contributed by atoms with E-state index in [1.165, 1.54) is 12.1 Å². The van der Waals surface area contributed by atoms with Crippen LogP contribution >= 0.6 is 0 Å². The Kier molecular flexibility index (Phi) is 8.75. The minimum absolute atomic E-state index is 0.105. The van der Waals surface area contributed by atoms with Gasteiger partial charge in [0.25, 0.3) is 0 Å². The van der Waals surface area contributed by atoms with Gasteiger partial charge in [0.15, 0.2) is 0 Å². The van der Waals surface area contributed by atoms with Crippen LogP contribution in [0, 0.1) is 18.2 Å². The summed E-state index contributed by atoms with van der Waals surface area (Å²) in [7, 11) is 0. The van der Waals surface area contributed by atoms with Crippen LogP contribution in [0.25, 0.3) is 11.1 Å². The lowest BCUT2D eigenvalue weighted by atomic mass is 9.82. The van der Waals surface area contributed by atoms with Gasteiger partial charge in [0.05, 0.1) is 31.0 Å². The predicted molar refractivity (Wildman–Crippen MR) is 162 cm³/mol. The molecular weight excluding hydrogens is 533 g/mol. The minimum atomic E-state index is -0.882. The van der Waals surface area contributed by atoms with E-state index in [4.69, 9.17) is 9.72 Å². The molecule has 1 fully saturated rings. The van der Waals surface area contributed by atoms with E-state index in [1.54, 1.807) is 18.3 Å². The number of halogens is 1. The Hall–Kier alpha value is -4.40. The summed E-state index contributed by atoms with van der Waals surface area (Å²) in [4.78, 5) is 19.3. The number of aromatic nitrogens is 3. The van der Waals surface area contributed by atoms with Crippen molar-refractivity contribution in [1.82, 2.24) is 15.2 Å². The Balaban J connectivity index is 1.49. The van der Waals surface area contributed by atoms with Crippen molar-refractivity contribution in [3.63, 3.8) is 0 Å². The average molecular weight is 572 g/mol. The largest absolute Gasteiger partial charge is 0.493 e. The van der Waals surface area contributed by atoms with Crippen LogP contribution in [0.5, 0.6) is 5.75 Å². The molecule has 0 saturated carbocycles. The van der Waals surface area contributed by atoms with Gasteiger partial charge >= 0.3 is 5.97 Å². The molecule has 1 aliphatic rings. The number of pyridine rings is 1. The summed E-state index contributed by atoms with van der Waals surface area (Å²) in [6, 6.07) is 16.2. The monoisotopic (exact) mass is 571 g/mol. The van der Waals surface area contributed by atoms with E-state index >= 15 is 0 Å². The summed E-state index contributed by atoms with van der Waals surface area (Å²) in [5, 5.41) is 20.4. The molecule has 1 saturated heterocycles. The summed E-state index contributed by atoms with van der Waals surface area (Å²) in [6.07, 6.45) is 4.30. The highest BCUT2D eigenvalue weighted by molar-refractivity contribution is 5.91. The molecule has 0 atom stereocenters. The first-order valence-corrected chi connectivity index (χ1v) is 14.4. The maximum atomic E-state index is 13.2. The van der Waals surface area contributed by atoms with Crippen LogP contribution in [0.3, 0.4) is 0 Å². The second-order valence-corrected chi connectivity index (χ2v) is 11.7. The van der Waals surface area contributed by atoms with Gasteiger partial charge in [-0.25, -0.2) is 9.37 Å². The van der Waals surface area contributed by atoms with Crippen LogP contribution in [0.1, 0.15) is 49.2 Å². The minimum Gasteiger partial charge on any atom is -0.493 e. The van der Waals surface area contributed by atoms with Crippen molar-refractivity contribution in [3.8, 4) is 16.9 Å². The highest BCUT2D eigenvalue weighted by Gasteiger charge is 2.31. The first-order chi connectivity index (χ1) is 20.2. The van der Waals surface area contributed by atoms with Crippen molar-refractivity contribution in [2.24, 2.45) is 5.41 Å². The lowest BCUT2D eigenvalue weighted by molar-refractivity contribution is -0.136. The van der Waals surface area contributed by atoms with Gasteiger partial charge in [-0.3, -0.25) is 9.89 Å². The molecule has 0 radical (unpaired) electrons. The van der Waals surface area contributed by atoms with Gasteiger partial charge in [0, 0.05) is 42.5 Å². The number of carboxylic acids is 1. The van der Waals surface area contributed by atoms with Crippen LogP contribution < -0.4 is 15.0 Å². The molecule has 2 aromatic heterocycles. The number of hydrogen-bond acceptors (Lipinski definition) is 6. The van der Waals surface area contributed by atoms with E-state index in [0.29, 0.717) is 31.1 Å². The number of anilines is 2. The van der Waals surface area contributed by atoms with Crippen molar-refractivity contribution in [2.75, 3.05) is 29.9 Å². The normalized spacial score (nSPS) is 14.5. The summed E-state index contributed by atoms with van der Waals surface area (Å²) in [5.41, 5.74) is 6.34. The van der Waals surface area contributed by atoms with E-state index < -0.39 is 5.97 Å². The third kappa shape index (κ3) is 7.08. The lowest BCUT2D eigenvalue weighted by Crippen LogP contribution is -2.38. The molecule has 1 aliphatic heterocycles. The third-order valence-corrected chi connectivity index (χ3v) is 7.96. The first kappa shape index (κ1) is 29.1. The molecule has 220 valence electrons. The number of H-pyrrole nitrogens is 1. The fourth-order valence-corrected chi connectivity index (χ4v) is 5.39. The highest BCUT2D eigenvalue weighted by atomic mass is 19.1. The Bertz CT molecular complexity index is 1490. The number of aliphatic carboxylic acids is 1. The van der Waals surface area contributed by atoms with Gasteiger partial charge in [0.2, 0.25) is 0 Å². The summed E-state index contributed by atoms with van der Waals surface area (Å²) < 4.78 is 19.2. The fraction of sp³-hybridized carbons (Fsp3) is 0.364. The summed E-state index contributed by atoms with van der Waals surface area (Å²) >= 11 is 0.